The van der Waals surface area contributed by atoms with Crippen LogP contribution in [0.5, 0.6) is 0 Å². The highest BCUT2D eigenvalue weighted by atomic mass is 35.5. The van der Waals surface area contributed by atoms with Gasteiger partial charge in [-0.25, -0.2) is 4.39 Å². The molecule has 1 amide bonds. The number of rotatable bonds is 4. The van der Waals surface area contributed by atoms with Crippen molar-refractivity contribution in [1.29, 1.82) is 0 Å². The monoisotopic (exact) mass is 300 g/mol. The van der Waals surface area contributed by atoms with Gasteiger partial charge in [0.15, 0.2) is 0 Å². The van der Waals surface area contributed by atoms with E-state index in [4.69, 9.17) is 11.6 Å². The van der Waals surface area contributed by atoms with Gasteiger partial charge in [0.2, 0.25) is 0 Å². The van der Waals surface area contributed by atoms with E-state index in [1.165, 1.54) is 0 Å². The van der Waals surface area contributed by atoms with E-state index in [-0.39, 0.29) is 11.4 Å². The highest BCUT2D eigenvalue weighted by Crippen LogP contribution is 2.31. The van der Waals surface area contributed by atoms with E-state index in [1.807, 2.05) is 0 Å². The van der Waals surface area contributed by atoms with Crippen molar-refractivity contribution in [2.24, 2.45) is 0 Å². The third-order valence-corrected chi connectivity index (χ3v) is 4.11. The zero-order valence-corrected chi connectivity index (χ0v) is 11.5. The normalized spacial score (nSPS) is 16.9. The van der Waals surface area contributed by atoms with E-state index in [2.05, 4.69) is 5.32 Å². The van der Waals surface area contributed by atoms with E-state index in [0.29, 0.717) is 0 Å². The topological polar surface area (TPSA) is 72.2 Å². The lowest BCUT2D eigenvalue weighted by Gasteiger charge is -2.27. The summed E-state index contributed by atoms with van der Waals surface area (Å²) in [6, 6.07) is 2.83. The van der Waals surface area contributed by atoms with Crippen LogP contribution in [0, 0.1) is 15.9 Å². The zero-order valence-electron chi connectivity index (χ0n) is 10.7. The highest BCUT2D eigenvalue weighted by Gasteiger charge is 2.36. The van der Waals surface area contributed by atoms with Crippen molar-refractivity contribution in [3.8, 4) is 0 Å². The molecule has 108 valence electrons. The average molecular weight is 301 g/mol. The lowest BCUT2D eigenvalue weighted by atomic mass is 9.99. The molecular weight excluding hydrogens is 287 g/mol. The van der Waals surface area contributed by atoms with Gasteiger partial charge in [0.25, 0.3) is 11.6 Å². The van der Waals surface area contributed by atoms with Crippen LogP contribution in [0.4, 0.5) is 10.1 Å². The van der Waals surface area contributed by atoms with Gasteiger partial charge >= 0.3 is 0 Å². The summed E-state index contributed by atoms with van der Waals surface area (Å²) in [4.78, 5) is 22.4. The van der Waals surface area contributed by atoms with Crippen molar-refractivity contribution in [2.75, 3.05) is 5.88 Å². The van der Waals surface area contributed by atoms with Crippen LogP contribution in [-0.4, -0.2) is 22.2 Å². The minimum absolute atomic E-state index is 0.238. The SMILES string of the molecule is O=C(NC1(CCl)CCCC1)c1cc(F)ccc1[N+](=O)[O-]. The molecule has 0 aromatic heterocycles. The molecule has 2 rings (SSSR count). The summed E-state index contributed by atoms with van der Waals surface area (Å²) in [5, 5.41) is 13.6. The van der Waals surface area contributed by atoms with Crippen LogP contribution in [0.3, 0.4) is 0 Å². The fourth-order valence-electron chi connectivity index (χ4n) is 2.50. The third-order valence-electron chi connectivity index (χ3n) is 3.60. The number of benzene rings is 1. The maximum absolute atomic E-state index is 13.2. The molecule has 1 aromatic rings. The zero-order chi connectivity index (χ0) is 14.8. The maximum Gasteiger partial charge on any atom is 0.282 e. The first-order valence-corrected chi connectivity index (χ1v) is 6.83. The van der Waals surface area contributed by atoms with E-state index < -0.39 is 27.9 Å². The summed E-state index contributed by atoms with van der Waals surface area (Å²) in [7, 11) is 0. The number of hydrogen-bond acceptors (Lipinski definition) is 3. The molecule has 1 fully saturated rings. The first-order chi connectivity index (χ1) is 9.47. The fourth-order valence-corrected chi connectivity index (χ4v) is 2.84. The number of alkyl halides is 1. The van der Waals surface area contributed by atoms with Crippen LogP contribution in [0.15, 0.2) is 18.2 Å². The Morgan fingerprint density at radius 3 is 2.65 bits per heavy atom. The van der Waals surface area contributed by atoms with E-state index in [0.717, 1.165) is 43.9 Å². The summed E-state index contributed by atoms with van der Waals surface area (Å²) in [6.07, 6.45) is 3.34. The van der Waals surface area contributed by atoms with E-state index in [1.54, 1.807) is 0 Å². The van der Waals surface area contributed by atoms with Crippen molar-refractivity contribution in [1.82, 2.24) is 5.32 Å². The lowest BCUT2D eigenvalue weighted by Crippen LogP contribution is -2.48. The molecule has 0 spiro atoms. The van der Waals surface area contributed by atoms with Crippen LogP contribution in [0.1, 0.15) is 36.0 Å². The Morgan fingerprint density at radius 1 is 1.45 bits per heavy atom. The largest absolute Gasteiger partial charge is 0.345 e. The molecule has 1 aliphatic rings. The van der Waals surface area contributed by atoms with Crippen molar-refractivity contribution >= 4 is 23.2 Å². The molecule has 0 saturated heterocycles. The van der Waals surface area contributed by atoms with Gasteiger partial charge in [0.05, 0.1) is 10.5 Å². The number of amides is 1. The standard InChI is InChI=1S/C13H14ClFN2O3/c14-8-13(5-1-2-6-13)16-12(18)10-7-9(15)3-4-11(10)17(19)20/h3-4,7H,1-2,5-6,8H2,(H,16,18). The molecule has 0 aliphatic heterocycles. The lowest BCUT2D eigenvalue weighted by molar-refractivity contribution is -0.385. The quantitative estimate of drug-likeness (QED) is 0.528. The van der Waals surface area contributed by atoms with Gasteiger partial charge in [-0.1, -0.05) is 12.8 Å². The maximum atomic E-state index is 13.2. The van der Waals surface area contributed by atoms with Crippen molar-refractivity contribution < 1.29 is 14.1 Å². The Kier molecular flexibility index (Phi) is 4.23. The third kappa shape index (κ3) is 2.90. The smallest absolute Gasteiger partial charge is 0.282 e. The molecular formula is C13H14ClFN2O3. The van der Waals surface area contributed by atoms with Crippen LogP contribution in [0.2, 0.25) is 0 Å². The first-order valence-electron chi connectivity index (χ1n) is 6.30. The Balaban J connectivity index is 2.29. The first kappa shape index (κ1) is 14.7. The second-order valence-electron chi connectivity index (χ2n) is 4.99. The molecule has 20 heavy (non-hydrogen) atoms. The molecule has 0 bridgehead atoms. The van der Waals surface area contributed by atoms with Gasteiger partial charge in [-0.3, -0.25) is 14.9 Å². The number of carbonyl (C=O) groups is 1. The van der Waals surface area contributed by atoms with Crippen molar-refractivity contribution in [3.05, 3.63) is 39.7 Å². The molecule has 0 heterocycles. The number of halogens is 2. The van der Waals surface area contributed by atoms with E-state index >= 15 is 0 Å². The molecule has 1 aliphatic carbocycles. The Labute approximate surface area is 120 Å². The van der Waals surface area contributed by atoms with Gasteiger partial charge in [-0.15, -0.1) is 11.6 Å². The number of hydrogen-bond donors (Lipinski definition) is 1. The number of nitro benzene ring substituents is 1. The Morgan fingerprint density at radius 2 is 2.10 bits per heavy atom. The Hall–Kier alpha value is -1.69. The minimum Gasteiger partial charge on any atom is -0.345 e. The predicted molar refractivity (Wildman–Crippen MR) is 72.4 cm³/mol. The molecule has 1 N–H and O–H groups in total. The second-order valence-corrected chi connectivity index (χ2v) is 5.26. The summed E-state index contributed by atoms with van der Waals surface area (Å²) in [5.74, 6) is -1.10. The minimum atomic E-state index is -0.698. The molecule has 0 atom stereocenters. The summed E-state index contributed by atoms with van der Waals surface area (Å²) in [5.41, 5.74) is -1.23. The van der Waals surface area contributed by atoms with Crippen molar-refractivity contribution in [2.45, 2.75) is 31.2 Å². The predicted octanol–water partition coefficient (Wildman–Crippen LogP) is 3.02. The van der Waals surface area contributed by atoms with Crippen LogP contribution < -0.4 is 5.32 Å². The average Bonchev–Trinajstić information content (AvgIpc) is 2.87. The molecule has 7 heteroatoms. The summed E-state index contributed by atoms with van der Waals surface area (Å²) in [6.45, 7) is 0. The van der Waals surface area contributed by atoms with Gasteiger partial charge in [-0.2, -0.15) is 0 Å². The Bertz CT molecular complexity index is 544. The fraction of sp³-hybridized carbons (Fsp3) is 0.462. The molecule has 0 unspecified atom stereocenters. The number of nitrogens with zero attached hydrogens (tertiary/aromatic N) is 1. The van der Waals surface area contributed by atoms with Gasteiger partial charge in [0.1, 0.15) is 11.4 Å². The van der Waals surface area contributed by atoms with E-state index in [9.17, 15) is 19.3 Å². The number of carbonyl (C=O) groups excluding carboxylic acids is 1. The molecule has 0 radical (unpaired) electrons. The molecule has 5 nitrogen and oxygen atoms in total. The number of nitro groups is 1. The van der Waals surface area contributed by atoms with Crippen LogP contribution in [0.25, 0.3) is 0 Å². The van der Waals surface area contributed by atoms with Gasteiger partial charge in [-0.05, 0) is 25.0 Å². The van der Waals surface area contributed by atoms with Gasteiger partial charge in [0, 0.05) is 11.9 Å². The molecule has 1 aromatic carbocycles. The second kappa shape index (κ2) is 5.75. The van der Waals surface area contributed by atoms with Crippen LogP contribution in [-0.2, 0) is 0 Å². The summed E-state index contributed by atoms with van der Waals surface area (Å²) < 4.78 is 13.2. The van der Waals surface area contributed by atoms with Crippen LogP contribution >= 0.6 is 11.6 Å². The summed E-state index contributed by atoms with van der Waals surface area (Å²) >= 11 is 5.91. The van der Waals surface area contributed by atoms with Crippen molar-refractivity contribution in [3.63, 3.8) is 0 Å². The number of nitrogens with one attached hydrogen (secondary N) is 1. The van der Waals surface area contributed by atoms with Gasteiger partial charge < -0.3 is 5.32 Å². The highest BCUT2D eigenvalue weighted by molar-refractivity contribution is 6.19. The molecule has 1 saturated carbocycles.